The van der Waals surface area contributed by atoms with Crippen LogP contribution in [-0.2, 0) is 24.2 Å². The molecule has 2 aromatic carbocycles. The molecular formula is C18H20O3. The van der Waals surface area contributed by atoms with Gasteiger partial charge in [-0.3, -0.25) is 4.79 Å². The van der Waals surface area contributed by atoms with Gasteiger partial charge in [-0.15, -0.1) is 0 Å². The molecule has 0 fully saturated rings. The highest BCUT2D eigenvalue weighted by Crippen LogP contribution is 2.17. The van der Waals surface area contributed by atoms with Crippen molar-refractivity contribution in [2.24, 2.45) is 5.92 Å². The van der Waals surface area contributed by atoms with Crippen LogP contribution < -0.4 is 0 Å². The number of benzene rings is 2. The van der Waals surface area contributed by atoms with Gasteiger partial charge >= 0.3 is 5.97 Å². The lowest BCUT2D eigenvalue weighted by molar-refractivity contribution is -0.141. The smallest absolute Gasteiger partial charge is 0.307 e. The molecule has 2 aromatic rings. The minimum atomic E-state index is -0.775. The fourth-order valence-corrected chi connectivity index (χ4v) is 2.44. The zero-order valence-electron chi connectivity index (χ0n) is 12.1. The van der Waals surface area contributed by atoms with Gasteiger partial charge in [0.05, 0.1) is 12.5 Å². The first-order chi connectivity index (χ1) is 10.1. The molecule has 1 unspecified atom stereocenters. The maximum Gasteiger partial charge on any atom is 0.307 e. The Morgan fingerprint density at radius 3 is 2.19 bits per heavy atom. The lowest BCUT2D eigenvalue weighted by Gasteiger charge is -2.13. The Bertz CT molecular complexity index is 602. The van der Waals surface area contributed by atoms with Crippen molar-refractivity contribution < 1.29 is 15.0 Å². The molecule has 0 bridgehead atoms. The first kappa shape index (κ1) is 15.3. The van der Waals surface area contributed by atoms with Crippen molar-refractivity contribution in [1.82, 2.24) is 0 Å². The Balaban J connectivity index is 2.10. The van der Waals surface area contributed by atoms with E-state index in [0.29, 0.717) is 12.8 Å². The van der Waals surface area contributed by atoms with Crippen LogP contribution in [0.2, 0.25) is 0 Å². The van der Waals surface area contributed by atoms with Gasteiger partial charge < -0.3 is 10.2 Å². The quantitative estimate of drug-likeness (QED) is 0.857. The van der Waals surface area contributed by atoms with Gasteiger partial charge in [0.15, 0.2) is 0 Å². The standard InChI is InChI=1S/C18H20O3/c1-13-3-2-4-16(9-13)11-17(18(20)21)10-14-5-7-15(12-19)8-6-14/h2-9,17,19H,10-12H2,1H3,(H,20,21). The van der Waals surface area contributed by atoms with Crippen LogP contribution in [-0.4, -0.2) is 16.2 Å². The van der Waals surface area contributed by atoms with E-state index in [1.165, 1.54) is 0 Å². The van der Waals surface area contributed by atoms with Gasteiger partial charge in [-0.1, -0.05) is 54.1 Å². The zero-order valence-corrected chi connectivity index (χ0v) is 12.1. The van der Waals surface area contributed by atoms with E-state index >= 15 is 0 Å². The minimum absolute atomic E-state index is 0.00588. The molecule has 1 atom stereocenters. The summed E-state index contributed by atoms with van der Waals surface area (Å²) >= 11 is 0. The summed E-state index contributed by atoms with van der Waals surface area (Å²) < 4.78 is 0. The Hall–Kier alpha value is -2.13. The van der Waals surface area contributed by atoms with Gasteiger partial charge in [0.1, 0.15) is 0 Å². The fraction of sp³-hybridized carbons (Fsp3) is 0.278. The molecule has 0 aliphatic heterocycles. The van der Waals surface area contributed by atoms with Gasteiger partial charge in [-0.2, -0.15) is 0 Å². The number of hydrogen-bond donors (Lipinski definition) is 2. The van der Waals surface area contributed by atoms with E-state index in [0.717, 1.165) is 22.3 Å². The molecule has 21 heavy (non-hydrogen) atoms. The summed E-state index contributed by atoms with van der Waals surface area (Å²) in [6.07, 6.45) is 1.02. The molecule has 3 heteroatoms. The maximum atomic E-state index is 11.5. The summed E-state index contributed by atoms with van der Waals surface area (Å²) in [6.45, 7) is 2.01. The summed E-state index contributed by atoms with van der Waals surface area (Å²) in [5.41, 5.74) is 4.01. The van der Waals surface area contributed by atoms with E-state index in [4.69, 9.17) is 5.11 Å². The molecule has 0 spiro atoms. The van der Waals surface area contributed by atoms with Crippen LogP contribution in [0.1, 0.15) is 22.3 Å². The van der Waals surface area contributed by atoms with E-state index in [1.807, 2.05) is 55.5 Å². The largest absolute Gasteiger partial charge is 0.481 e. The lowest BCUT2D eigenvalue weighted by Crippen LogP contribution is -2.19. The number of carboxylic acids is 1. The molecule has 110 valence electrons. The monoisotopic (exact) mass is 284 g/mol. The average Bonchev–Trinajstić information content (AvgIpc) is 2.47. The Morgan fingerprint density at radius 2 is 1.62 bits per heavy atom. The van der Waals surface area contributed by atoms with Crippen LogP contribution in [0.4, 0.5) is 0 Å². The van der Waals surface area contributed by atoms with Gasteiger partial charge in [0.2, 0.25) is 0 Å². The summed E-state index contributed by atoms with van der Waals surface area (Å²) in [6, 6.07) is 15.4. The fourth-order valence-electron chi connectivity index (χ4n) is 2.44. The van der Waals surface area contributed by atoms with Crippen molar-refractivity contribution in [2.45, 2.75) is 26.4 Å². The number of aryl methyl sites for hydroxylation is 1. The van der Waals surface area contributed by atoms with E-state index < -0.39 is 11.9 Å². The second-order valence-corrected chi connectivity index (χ2v) is 5.41. The van der Waals surface area contributed by atoms with E-state index in [9.17, 15) is 9.90 Å². The molecule has 0 amide bonds. The first-order valence-corrected chi connectivity index (χ1v) is 7.05. The zero-order chi connectivity index (χ0) is 15.2. The van der Waals surface area contributed by atoms with Crippen LogP contribution in [0.5, 0.6) is 0 Å². The predicted octanol–water partition coefficient (Wildman–Crippen LogP) is 2.97. The number of rotatable bonds is 6. The van der Waals surface area contributed by atoms with Gasteiger partial charge in [-0.05, 0) is 36.5 Å². The van der Waals surface area contributed by atoms with E-state index in [2.05, 4.69) is 0 Å². The van der Waals surface area contributed by atoms with Crippen molar-refractivity contribution in [3.8, 4) is 0 Å². The lowest BCUT2D eigenvalue weighted by atomic mass is 9.92. The predicted molar refractivity (Wildman–Crippen MR) is 82.1 cm³/mol. The van der Waals surface area contributed by atoms with E-state index in [1.54, 1.807) is 0 Å². The second kappa shape index (κ2) is 7.04. The topological polar surface area (TPSA) is 57.5 Å². The maximum absolute atomic E-state index is 11.5. The summed E-state index contributed by atoms with van der Waals surface area (Å²) in [5.74, 6) is -1.21. The highest BCUT2D eigenvalue weighted by atomic mass is 16.4. The Kier molecular flexibility index (Phi) is 5.12. The Labute approximate surface area is 124 Å². The van der Waals surface area contributed by atoms with Gasteiger partial charge in [0, 0.05) is 0 Å². The normalized spacial score (nSPS) is 12.1. The molecule has 0 saturated carbocycles. The molecule has 0 saturated heterocycles. The van der Waals surface area contributed by atoms with Crippen LogP contribution in [0.15, 0.2) is 48.5 Å². The number of carbonyl (C=O) groups is 1. The Morgan fingerprint density at radius 1 is 1.00 bits per heavy atom. The number of aliphatic carboxylic acids is 1. The molecule has 0 aliphatic rings. The van der Waals surface area contributed by atoms with Gasteiger partial charge in [-0.25, -0.2) is 0 Å². The summed E-state index contributed by atoms with van der Waals surface area (Å²) in [7, 11) is 0. The molecule has 0 aliphatic carbocycles. The highest BCUT2D eigenvalue weighted by molar-refractivity contribution is 5.71. The highest BCUT2D eigenvalue weighted by Gasteiger charge is 2.18. The molecule has 0 radical (unpaired) electrons. The van der Waals surface area contributed by atoms with Crippen LogP contribution in [0, 0.1) is 12.8 Å². The van der Waals surface area contributed by atoms with Crippen molar-refractivity contribution in [1.29, 1.82) is 0 Å². The van der Waals surface area contributed by atoms with Crippen molar-refractivity contribution in [3.63, 3.8) is 0 Å². The number of carboxylic acid groups (broad SMARTS) is 1. The summed E-state index contributed by atoms with van der Waals surface area (Å²) in [5, 5.41) is 18.5. The van der Waals surface area contributed by atoms with Crippen LogP contribution in [0.3, 0.4) is 0 Å². The SMILES string of the molecule is Cc1cccc(CC(Cc2ccc(CO)cc2)C(=O)O)c1. The van der Waals surface area contributed by atoms with Crippen LogP contribution in [0.25, 0.3) is 0 Å². The van der Waals surface area contributed by atoms with Crippen molar-refractivity contribution in [2.75, 3.05) is 0 Å². The molecule has 2 rings (SSSR count). The third-order valence-electron chi connectivity index (χ3n) is 3.60. The summed E-state index contributed by atoms with van der Waals surface area (Å²) in [4.78, 5) is 11.5. The molecule has 0 heterocycles. The molecule has 2 N–H and O–H groups in total. The third-order valence-corrected chi connectivity index (χ3v) is 3.60. The van der Waals surface area contributed by atoms with Crippen molar-refractivity contribution >= 4 is 5.97 Å². The minimum Gasteiger partial charge on any atom is -0.481 e. The number of hydrogen-bond acceptors (Lipinski definition) is 2. The van der Waals surface area contributed by atoms with Gasteiger partial charge in [0.25, 0.3) is 0 Å². The average molecular weight is 284 g/mol. The third kappa shape index (κ3) is 4.43. The number of aliphatic hydroxyl groups is 1. The first-order valence-electron chi connectivity index (χ1n) is 7.05. The molecular weight excluding hydrogens is 264 g/mol. The number of aliphatic hydroxyl groups excluding tert-OH is 1. The second-order valence-electron chi connectivity index (χ2n) is 5.41. The van der Waals surface area contributed by atoms with Crippen LogP contribution >= 0.6 is 0 Å². The van der Waals surface area contributed by atoms with E-state index in [-0.39, 0.29) is 6.61 Å². The molecule has 0 aromatic heterocycles. The molecule has 3 nitrogen and oxygen atoms in total. The van der Waals surface area contributed by atoms with Crippen molar-refractivity contribution in [3.05, 3.63) is 70.8 Å².